The molecule has 1 heterocycles. The molecule has 0 saturated carbocycles. The van der Waals surface area contributed by atoms with Crippen LogP contribution in [0, 0.1) is 5.92 Å². The first kappa shape index (κ1) is 25.5. The van der Waals surface area contributed by atoms with Gasteiger partial charge in [0.1, 0.15) is 12.2 Å². The van der Waals surface area contributed by atoms with Gasteiger partial charge in [0.15, 0.2) is 0 Å². The van der Waals surface area contributed by atoms with E-state index in [0.717, 1.165) is 5.56 Å². The molecule has 0 aromatic heterocycles. The molecule has 0 bridgehead atoms. The Morgan fingerprint density at radius 2 is 1.91 bits per heavy atom. The summed E-state index contributed by atoms with van der Waals surface area (Å²) >= 11 is 0. The van der Waals surface area contributed by atoms with Crippen molar-refractivity contribution in [3.8, 4) is 0 Å². The number of aliphatic carboxylic acids is 1. The van der Waals surface area contributed by atoms with E-state index in [0.29, 0.717) is 19.4 Å². The number of carbonyl (C=O) groups is 3. The highest BCUT2D eigenvalue weighted by Crippen LogP contribution is 2.38. The zero-order valence-electron chi connectivity index (χ0n) is 19.3. The SMILES string of the molecule is COC[C@]1(CCCNC(=O)OC(C)(C)C)C[C@H](C(=O)O)CN1C(=O)OCc1ccccc1. The van der Waals surface area contributed by atoms with Crippen molar-refractivity contribution in [3.63, 3.8) is 0 Å². The molecule has 9 heteroatoms. The molecule has 1 saturated heterocycles. The maximum absolute atomic E-state index is 12.9. The van der Waals surface area contributed by atoms with Crippen molar-refractivity contribution in [2.75, 3.05) is 26.8 Å². The minimum absolute atomic E-state index is 0.0474. The standard InChI is InChI=1S/C23H34N2O7/c1-22(2,3)32-20(28)24-12-8-11-23(16-30-4)13-18(19(26)27)14-25(23)21(29)31-15-17-9-6-5-7-10-17/h5-7,9-10,18H,8,11-16H2,1-4H3,(H,24,28)(H,26,27)/t18-,23-/m0/s1. The molecule has 9 nitrogen and oxygen atoms in total. The zero-order chi connectivity index (χ0) is 23.8. The van der Waals surface area contributed by atoms with E-state index in [4.69, 9.17) is 14.2 Å². The fourth-order valence-corrected chi connectivity index (χ4v) is 3.92. The Morgan fingerprint density at radius 3 is 2.50 bits per heavy atom. The number of alkyl carbamates (subject to hydrolysis) is 1. The van der Waals surface area contributed by atoms with E-state index in [1.165, 1.54) is 12.0 Å². The van der Waals surface area contributed by atoms with Crippen molar-refractivity contribution in [2.45, 2.75) is 57.8 Å². The molecular formula is C23H34N2O7. The molecule has 1 fully saturated rings. The van der Waals surface area contributed by atoms with Gasteiger partial charge in [-0.05, 0) is 45.6 Å². The lowest BCUT2D eigenvalue weighted by molar-refractivity contribution is -0.141. The van der Waals surface area contributed by atoms with E-state index in [1.807, 2.05) is 30.3 Å². The second-order valence-electron chi connectivity index (χ2n) is 9.08. The van der Waals surface area contributed by atoms with E-state index in [9.17, 15) is 19.5 Å². The summed E-state index contributed by atoms with van der Waals surface area (Å²) in [5.74, 6) is -1.68. The quantitative estimate of drug-likeness (QED) is 0.554. The van der Waals surface area contributed by atoms with Crippen molar-refractivity contribution >= 4 is 18.2 Å². The molecule has 2 atom stereocenters. The van der Waals surface area contributed by atoms with Crippen molar-refractivity contribution in [3.05, 3.63) is 35.9 Å². The lowest BCUT2D eigenvalue weighted by Crippen LogP contribution is -2.51. The highest BCUT2D eigenvalue weighted by molar-refractivity contribution is 5.75. The first-order chi connectivity index (χ1) is 15.1. The number of nitrogens with zero attached hydrogens (tertiary/aromatic N) is 1. The zero-order valence-corrected chi connectivity index (χ0v) is 19.3. The molecule has 0 spiro atoms. The van der Waals surface area contributed by atoms with Gasteiger partial charge in [-0.15, -0.1) is 0 Å². The third kappa shape index (κ3) is 7.40. The second-order valence-corrected chi connectivity index (χ2v) is 9.08. The molecule has 1 aromatic rings. The highest BCUT2D eigenvalue weighted by atomic mass is 16.6. The molecule has 178 valence electrons. The van der Waals surface area contributed by atoms with Gasteiger partial charge in [0.25, 0.3) is 0 Å². The van der Waals surface area contributed by atoms with Crippen molar-refractivity contribution < 1.29 is 33.7 Å². The molecule has 0 aliphatic carbocycles. The average molecular weight is 451 g/mol. The van der Waals surface area contributed by atoms with E-state index >= 15 is 0 Å². The first-order valence-corrected chi connectivity index (χ1v) is 10.7. The van der Waals surface area contributed by atoms with Gasteiger partial charge in [-0.1, -0.05) is 30.3 Å². The topological polar surface area (TPSA) is 114 Å². The van der Waals surface area contributed by atoms with Crippen LogP contribution in [0.1, 0.15) is 45.6 Å². The minimum atomic E-state index is -0.962. The van der Waals surface area contributed by atoms with Gasteiger partial charge in [-0.25, -0.2) is 9.59 Å². The van der Waals surface area contributed by atoms with Crippen LogP contribution in [-0.2, 0) is 25.6 Å². The normalized spacial score (nSPS) is 20.6. The monoisotopic (exact) mass is 450 g/mol. The van der Waals surface area contributed by atoms with Gasteiger partial charge in [0.2, 0.25) is 0 Å². The first-order valence-electron chi connectivity index (χ1n) is 10.7. The maximum atomic E-state index is 12.9. The molecule has 1 aromatic carbocycles. The number of methoxy groups -OCH3 is 1. The van der Waals surface area contributed by atoms with Crippen LogP contribution in [0.4, 0.5) is 9.59 Å². The number of hydrogen-bond acceptors (Lipinski definition) is 6. The van der Waals surface area contributed by atoms with Crippen molar-refractivity contribution in [2.24, 2.45) is 5.92 Å². The Labute approximate surface area is 189 Å². The van der Waals surface area contributed by atoms with Gasteiger partial charge in [-0.2, -0.15) is 0 Å². The van der Waals surface area contributed by atoms with Crippen LogP contribution in [0.2, 0.25) is 0 Å². The maximum Gasteiger partial charge on any atom is 0.410 e. The number of benzene rings is 1. The van der Waals surface area contributed by atoms with Gasteiger partial charge in [0.05, 0.1) is 18.1 Å². The number of amides is 2. The molecule has 2 rings (SSSR count). The van der Waals surface area contributed by atoms with Crippen LogP contribution in [0.5, 0.6) is 0 Å². The van der Waals surface area contributed by atoms with Crippen LogP contribution < -0.4 is 5.32 Å². The van der Waals surface area contributed by atoms with Crippen LogP contribution in [0.25, 0.3) is 0 Å². The summed E-state index contributed by atoms with van der Waals surface area (Å²) < 4.78 is 16.1. The Hall–Kier alpha value is -2.81. The van der Waals surface area contributed by atoms with Crippen molar-refractivity contribution in [1.29, 1.82) is 0 Å². The second kappa shape index (κ2) is 11.2. The van der Waals surface area contributed by atoms with Gasteiger partial charge in [-0.3, -0.25) is 9.69 Å². The number of carboxylic acids is 1. The Morgan fingerprint density at radius 1 is 1.22 bits per heavy atom. The molecule has 1 aliphatic rings. The number of carboxylic acid groups (broad SMARTS) is 1. The predicted octanol–water partition coefficient (Wildman–Crippen LogP) is 3.42. The van der Waals surface area contributed by atoms with Gasteiger partial charge < -0.3 is 24.6 Å². The Kier molecular flexibility index (Phi) is 8.89. The van der Waals surface area contributed by atoms with E-state index in [1.54, 1.807) is 20.8 Å². The summed E-state index contributed by atoms with van der Waals surface area (Å²) in [5, 5.41) is 12.3. The number of nitrogens with one attached hydrogen (secondary N) is 1. The van der Waals surface area contributed by atoms with Crippen LogP contribution >= 0.6 is 0 Å². The third-order valence-electron chi connectivity index (χ3n) is 5.28. The third-order valence-corrected chi connectivity index (χ3v) is 5.28. The Balaban J connectivity index is 2.04. The summed E-state index contributed by atoms with van der Waals surface area (Å²) in [6.07, 6.45) is 0.114. The number of ether oxygens (including phenoxy) is 3. The summed E-state index contributed by atoms with van der Waals surface area (Å²) in [5.41, 5.74) is -0.587. The molecule has 0 unspecified atom stereocenters. The largest absolute Gasteiger partial charge is 0.481 e. The van der Waals surface area contributed by atoms with Crippen LogP contribution in [-0.4, -0.2) is 66.1 Å². The predicted molar refractivity (Wildman–Crippen MR) is 117 cm³/mol. The molecule has 2 N–H and O–H groups in total. The fourth-order valence-electron chi connectivity index (χ4n) is 3.92. The van der Waals surface area contributed by atoms with Crippen LogP contribution in [0.15, 0.2) is 30.3 Å². The summed E-state index contributed by atoms with van der Waals surface area (Å²) in [7, 11) is 1.52. The lowest BCUT2D eigenvalue weighted by Gasteiger charge is -2.37. The average Bonchev–Trinajstić information content (AvgIpc) is 3.09. The summed E-state index contributed by atoms with van der Waals surface area (Å²) in [6, 6.07) is 9.28. The molecule has 1 aliphatic heterocycles. The molecular weight excluding hydrogens is 416 g/mol. The van der Waals surface area contributed by atoms with Crippen LogP contribution in [0.3, 0.4) is 0 Å². The van der Waals surface area contributed by atoms with E-state index in [2.05, 4.69) is 5.32 Å². The molecule has 0 radical (unpaired) electrons. The number of carbonyl (C=O) groups excluding carboxylic acids is 2. The Bertz CT molecular complexity index is 778. The highest BCUT2D eigenvalue weighted by Gasteiger charge is 2.50. The van der Waals surface area contributed by atoms with E-state index in [-0.39, 0.29) is 26.2 Å². The van der Waals surface area contributed by atoms with E-state index < -0.39 is 35.2 Å². The number of likely N-dealkylation sites (tertiary alicyclic amines) is 1. The summed E-state index contributed by atoms with van der Waals surface area (Å²) in [4.78, 5) is 38.0. The summed E-state index contributed by atoms with van der Waals surface area (Å²) in [6.45, 7) is 5.98. The molecule has 2 amide bonds. The van der Waals surface area contributed by atoms with Crippen molar-refractivity contribution in [1.82, 2.24) is 10.2 Å². The number of hydrogen-bond donors (Lipinski definition) is 2. The number of rotatable bonds is 9. The smallest absolute Gasteiger partial charge is 0.410 e. The fraction of sp³-hybridized carbons (Fsp3) is 0.609. The minimum Gasteiger partial charge on any atom is -0.481 e. The van der Waals surface area contributed by atoms with Gasteiger partial charge >= 0.3 is 18.2 Å². The van der Waals surface area contributed by atoms with Gasteiger partial charge in [0, 0.05) is 20.2 Å². The lowest BCUT2D eigenvalue weighted by atomic mass is 9.88. The molecule has 32 heavy (non-hydrogen) atoms.